The molecule has 13 heavy (non-hydrogen) atoms. The van der Waals surface area contributed by atoms with Crippen LogP contribution in [0.3, 0.4) is 0 Å². The number of nitrogens with zero attached hydrogens (tertiary/aromatic N) is 1. The van der Waals surface area contributed by atoms with Crippen molar-refractivity contribution in [2.45, 2.75) is 6.92 Å². The van der Waals surface area contributed by atoms with Crippen LogP contribution < -0.4 is 0 Å². The van der Waals surface area contributed by atoms with Crippen molar-refractivity contribution in [2.24, 2.45) is 0 Å². The molecule has 2 aromatic rings. The Morgan fingerprint density at radius 3 is 2.77 bits per heavy atom. The van der Waals surface area contributed by atoms with Crippen molar-refractivity contribution in [3.63, 3.8) is 0 Å². The van der Waals surface area contributed by atoms with Crippen LogP contribution in [0.5, 0.6) is 0 Å². The molecule has 66 valence electrons. The Labute approximate surface area is 89.9 Å². The molecule has 0 fully saturated rings. The highest BCUT2D eigenvalue weighted by Gasteiger charge is 2.06. The van der Waals surface area contributed by atoms with E-state index in [-0.39, 0.29) is 0 Å². The first-order valence-corrected chi connectivity index (χ1v) is 5.07. The lowest BCUT2D eigenvalue weighted by atomic mass is 10.1. The molecule has 0 bridgehead atoms. The zero-order valence-corrected chi connectivity index (χ0v) is 9.35. The summed E-state index contributed by atoms with van der Waals surface area (Å²) in [5.41, 5.74) is 2.07. The predicted molar refractivity (Wildman–Crippen MR) is 59.2 cm³/mol. The maximum Gasteiger partial charge on any atom is 0.144 e. The molecule has 0 aliphatic heterocycles. The van der Waals surface area contributed by atoms with E-state index in [2.05, 4.69) is 20.9 Å². The molecule has 0 atom stereocenters. The molecule has 1 heterocycles. The molecule has 0 aliphatic rings. The average molecular weight is 257 g/mol. The number of pyridine rings is 1. The molecule has 0 unspecified atom stereocenters. The van der Waals surface area contributed by atoms with Gasteiger partial charge in [-0.3, -0.25) is 0 Å². The zero-order valence-electron chi connectivity index (χ0n) is 7.01. The van der Waals surface area contributed by atoms with Gasteiger partial charge in [-0.05, 0) is 34.5 Å². The summed E-state index contributed by atoms with van der Waals surface area (Å²) >= 11 is 9.34. The molecule has 0 spiro atoms. The Hall–Kier alpha value is -0.600. The van der Waals surface area contributed by atoms with Crippen molar-refractivity contribution in [3.8, 4) is 0 Å². The first-order chi connectivity index (χ1) is 6.20. The molecule has 1 aromatic carbocycles. The topological polar surface area (TPSA) is 12.9 Å². The van der Waals surface area contributed by atoms with E-state index in [1.807, 2.05) is 31.2 Å². The van der Waals surface area contributed by atoms with Crippen LogP contribution in [-0.2, 0) is 0 Å². The van der Waals surface area contributed by atoms with Gasteiger partial charge in [0.1, 0.15) is 5.15 Å². The summed E-state index contributed by atoms with van der Waals surface area (Å²) < 4.78 is 0.882. The molecular weight excluding hydrogens is 249 g/mol. The minimum absolute atomic E-state index is 0.524. The number of benzene rings is 1. The van der Waals surface area contributed by atoms with Gasteiger partial charge in [-0.1, -0.05) is 29.8 Å². The minimum Gasteiger partial charge on any atom is -0.235 e. The lowest BCUT2D eigenvalue weighted by molar-refractivity contribution is 1.34. The van der Waals surface area contributed by atoms with Gasteiger partial charge in [0.2, 0.25) is 0 Å². The molecule has 0 saturated heterocycles. The molecule has 0 amide bonds. The first kappa shape index (κ1) is 8.97. The summed E-state index contributed by atoms with van der Waals surface area (Å²) in [6, 6.07) is 7.95. The van der Waals surface area contributed by atoms with Gasteiger partial charge in [-0.15, -0.1) is 0 Å². The number of aromatic nitrogens is 1. The molecule has 1 nitrogen and oxygen atoms in total. The van der Waals surface area contributed by atoms with Crippen molar-refractivity contribution >= 4 is 38.4 Å². The monoisotopic (exact) mass is 255 g/mol. The minimum atomic E-state index is 0.524. The highest BCUT2D eigenvalue weighted by molar-refractivity contribution is 9.10. The number of hydrogen-bond donors (Lipinski definition) is 0. The summed E-state index contributed by atoms with van der Waals surface area (Å²) in [6.45, 7) is 2.03. The number of rotatable bonds is 0. The summed E-state index contributed by atoms with van der Waals surface area (Å²) in [4.78, 5) is 4.25. The summed E-state index contributed by atoms with van der Waals surface area (Å²) in [5, 5.41) is 1.66. The van der Waals surface area contributed by atoms with Gasteiger partial charge < -0.3 is 0 Å². The molecule has 0 radical (unpaired) electrons. The third kappa shape index (κ3) is 1.45. The molecule has 2 rings (SSSR count). The van der Waals surface area contributed by atoms with Crippen LogP contribution >= 0.6 is 27.5 Å². The number of para-hydroxylation sites is 1. The fraction of sp³-hybridized carbons (Fsp3) is 0.100. The number of fused-ring (bicyclic) bond motifs is 1. The number of aryl methyl sites for hydroxylation is 1. The maximum atomic E-state index is 5.93. The summed E-state index contributed by atoms with van der Waals surface area (Å²) in [7, 11) is 0. The second-order valence-electron chi connectivity index (χ2n) is 2.86. The van der Waals surface area contributed by atoms with E-state index in [1.54, 1.807) is 0 Å². The van der Waals surface area contributed by atoms with Crippen LogP contribution in [0, 0.1) is 6.92 Å². The maximum absolute atomic E-state index is 5.93. The smallest absolute Gasteiger partial charge is 0.144 e. The third-order valence-electron chi connectivity index (χ3n) is 2.04. The van der Waals surface area contributed by atoms with Crippen molar-refractivity contribution in [2.75, 3.05) is 0 Å². The van der Waals surface area contributed by atoms with E-state index in [9.17, 15) is 0 Å². The standard InChI is InChI=1S/C10H7BrClN/c1-6-7-4-2-3-5-8(7)13-10(12)9(6)11/h2-5H,1H3. The van der Waals surface area contributed by atoms with E-state index in [1.165, 1.54) is 0 Å². The molecule has 0 aliphatic carbocycles. The van der Waals surface area contributed by atoms with Gasteiger partial charge in [0.05, 0.1) is 9.99 Å². The van der Waals surface area contributed by atoms with Gasteiger partial charge in [0, 0.05) is 5.39 Å². The molecule has 1 aromatic heterocycles. The Bertz CT molecular complexity index is 468. The van der Waals surface area contributed by atoms with Gasteiger partial charge >= 0.3 is 0 Å². The highest BCUT2D eigenvalue weighted by atomic mass is 79.9. The van der Waals surface area contributed by atoms with E-state index in [0.29, 0.717) is 5.15 Å². The number of hydrogen-bond acceptors (Lipinski definition) is 1. The molecule has 3 heteroatoms. The second kappa shape index (κ2) is 3.28. The van der Waals surface area contributed by atoms with Gasteiger partial charge in [0.15, 0.2) is 0 Å². The zero-order chi connectivity index (χ0) is 9.42. The van der Waals surface area contributed by atoms with Crippen molar-refractivity contribution < 1.29 is 0 Å². The highest BCUT2D eigenvalue weighted by Crippen LogP contribution is 2.29. The van der Waals surface area contributed by atoms with E-state index >= 15 is 0 Å². The van der Waals surface area contributed by atoms with Gasteiger partial charge in [-0.2, -0.15) is 0 Å². The fourth-order valence-corrected chi connectivity index (χ4v) is 1.85. The Balaban J connectivity index is 2.94. The van der Waals surface area contributed by atoms with Gasteiger partial charge in [-0.25, -0.2) is 4.98 Å². The lowest BCUT2D eigenvalue weighted by Gasteiger charge is -2.04. The number of halogens is 2. The fourth-order valence-electron chi connectivity index (χ4n) is 1.32. The van der Waals surface area contributed by atoms with Crippen molar-refractivity contribution in [3.05, 3.63) is 39.5 Å². The van der Waals surface area contributed by atoms with Crippen LogP contribution in [0.25, 0.3) is 10.9 Å². The molecule has 0 N–H and O–H groups in total. The summed E-state index contributed by atoms with van der Waals surface area (Å²) in [5.74, 6) is 0. The van der Waals surface area contributed by atoms with Crippen molar-refractivity contribution in [1.29, 1.82) is 0 Å². The molecule has 0 saturated carbocycles. The lowest BCUT2D eigenvalue weighted by Crippen LogP contribution is -1.86. The quantitative estimate of drug-likeness (QED) is 0.650. The first-order valence-electron chi connectivity index (χ1n) is 3.90. The Morgan fingerprint density at radius 1 is 1.31 bits per heavy atom. The van der Waals surface area contributed by atoms with Crippen molar-refractivity contribution in [1.82, 2.24) is 4.98 Å². The molecular formula is C10H7BrClN. The predicted octanol–water partition coefficient (Wildman–Crippen LogP) is 3.96. The second-order valence-corrected chi connectivity index (χ2v) is 4.01. The van der Waals surface area contributed by atoms with E-state index in [4.69, 9.17) is 11.6 Å². The van der Waals surface area contributed by atoms with Gasteiger partial charge in [0.25, 0.3) is 0 Å². The average Bonchev–Trinajstić information content (AvgIpc) is 2.15. The van der Waals surface area contributed by atoms with E-state index in [0.717, 1.165) is 20.9 Å². The van der Waals surface area contributed by atoms with Crippen LogP contribution in [-0.4, -0.2) is 4.98 Å². The Morgan fingerprint density at radius 2 is 2.00 bits per heavy atom. The van der Waals surface area contributed by atoms with Crippen LogP contribution in [0.1, 0.15) is 5.56 Å². The van der Waals surface area contributed by atoms with Crippen LogP contribution in [0.4, 0.5) is 0 Å². The summed E-state index contributed by atoms with van der Waals surface area (Å²) in [6.07, 6.45) is 0. The normalized spacial score (nSPS) is 10.7. The largest absolute Gasteiger partial charge is 0.235 e. The SMILES string of the molecule is Cc1c(Br)c(Cl)nc2ccccc12. The van der Waals surface area contributed by atoms with Crippen LogP contribution in [0.2, 0.25) is 5.15 Å². The third-order valence-corrected chi connectivity index (χ3v) is 3.51. The van der Waals surface area contributed by atoms with Crippen LogP contribution in [0.15, 0.2) is 28.7 Å². The Kier molecular flexibility index (Phi) is 2.26. The van der Waals surface area contributed by atoms with E-state index < -0.39 is 0 Å².